The van der Waals surface area contributed by atoms with Gasteiger partial charge in [0, 0.05) is 18.5 Å². The molecule has 0 spiro atoms. The molecule has 0 aliphatic carbocycles. The number of carbonyl (C=O) groups is 1. The van der Waals surface area contributed by atoms with E-state index in [0.29, 0.717) is 6.04 Å². The highest BCUT2D eigenvalue weighted by atomic mass is 16.1. The topological polar surface area (TPSA) is 32.3 Å². The zero-order chi connectivity index (χ0) is 15.2. The first-order valence-electron chi connectivity index (χ1n) is 8.17. The molecule has 0 aromatic heterocycles. The molecule has 1 aliphatic rings. The van der Waals surface area contributed by atoms with Gasteiger partial charge >= 0.3 is 0 Å². The number of benzene rings is 1. The van der Waals surface area contributed by atoms with Gasteiger partial charge in [0.05, 0.1) is 0 Å². The van der Waals surface area contributed by atoms with Crippen LogP contribution in [0.2, 0.25) is 0 Å². The predicted octanol–water partition coefficient (Wildman–Crippen LogP) is 3.12. The van der Waals surface area contributed by atoms with Crippen molar-refractivity contribution >= 4 is 5.91 Å². The van der Waals surface area contributed by atoms with E-state index < -0.39 is 0 Å². The number of likely N-dealkylation sites (tertiary alicyclic amines) is 1. The summed E-state index contributed by atoms with van der Waals surface area (Å²) in [6, 6.07) is 8.86. The third kappa shape index (κ3) is 4.57. The second kappa shape index (κ2) is 7.60. The predicted molar refractivity (Wildman–Crippen MR) is 87.1 cm³/mol. The van der Waals surface area contributed by atoms with E-state index in [9.17, 15) is 4.79 Å². The van der Waals surface area contributed by atoms with Crippen molar-refractivity contribution in [3.63, 3.8) is 0 Å². The van der Waals surface area contributed by atoms with E-state index >= 15 is 0 Å². The molecule has 3 heteroatoms. The van der Waals surface area contributed by atoms with Crippen molar-refractivity contribution in [2.45, 2.75) is 52.6 Å². The Morgan fingerprint density at radius 2 is 2.00 bits per heavy atom. The number of hydrogen-bond donors (Lipinski definition) is 1. The summed E-state index contributed by atoms with van der Waals surface area (Å²) in [5.41, 5.74) is 2.76. The van der Waals surface area contributed by atoms with Gasteiger partial charge in [-0.1, -0.05) is 31.2 Å². The second-order valence-electron chi connectivity index (χ2n) is 6.29. The van der Waals surface area contributed by atoms with Gasteiger partial charge in [0.15, 0.2) is 0 Å². The summed E-state index contributed by atoms with van der Waals surface area (Å²) in [5, 5.41) is 3.12. The Kier molecular flexibility index (Phi) is 5.80. The number of carbonyl (C=O) groups excluding carboxylic acids is 1. The minimum absolute atomic E-state index is 0.201. The standard InChI is InChI=1S/C18H28N2O/c1-4-15(3)19-18(21)16-9-11-20(12-10-16)13-17-8-6-5-7-14(17)2/h5-8,15-16H,4,9-13H2,1-3H3,(H,19,21)/t15-/m0/s1. The minimum atomic E-state index is 0.201. The van der Waals surface area contributed by atoms with E-state index in [1.165, 1.54) is 11.1 Å². The Hall–Kier alpha value is -1.35. The molecular formula is C18H28N2O. The van der Waals surface area contributed by atoms with Crippen molar-refractivity contribution in [2.24, 2.45) is 5.92 Å². The molecule has 1 aromatic carbocycles. The number of piperidine rings is 1. The summed E-state index contributed by atoms with van der Waals surface area (Å²) in [6.45, 7) is 9.40. The van der Waals surface area contributed by atoms with Gasteiger partial charge in [-0.2, -0.15) is 0 Å². The quantitative estimate of drug-likeness (QED) is 0.903. The summed E-state index contributed by atoms with van der Waals surface area (Å²) in [4.78, 5) is 14.6. The SMILES string of the molecule is CC[C@H](C)NC(=O)C1CCN(Cc2ccccc2C)CC1. The zero-order valence-corrected chi connectivity index (χ0v) is 13.6. The maximum absolute atomic E-state index is 12.2. The van der Waals surface area contributed by atoms with Crippen LogP contribution in [0.4, 0.5) is 0 Å². The van der Waals surface area contributed by atoms with Crippen LogP contribution in [0.1, 0.15) is 44.2 Å². The Morgan fingerprint density at radius 3 is 2.62 bits per heavy atom. The molecule has 1 saturated heterocycles. The average Bonchev–Trinajstić information content (AvgIpc) is 2.50. The van der Waals surface area contributed by atoms with E-state index in [0.717, 1.165) is 38.9 Å². The molecule has 1 atom stereocenters. The van der Waals surface area contributed by atoms with Crippen LogP contribution in [0, 0.1) is 12.8 Å². The Bertz CT molecular complexity index is 464. The van der Waals surface area contributed by atoms with Crippen LogP contribution < -0.4 is 5.32 Å². The van der Waals surface area contributed by atoms with Crippen molar-refractivity contribution in [1.82, 2.24) is 10.2 Å². The molecule has 0 radical (unpaired) electrons. The van der Waals surface area contributed by atoms with Crippen LogP contribution in [-0.4, -0.2) is 29.9 Å². The van der Waals surface area contributed by atoms with Gasteiger partial charge in [-0.25, -0.2) is 0 Å². The number of nitrogens with one attached hydrogen (secondary N) is 1. The van der Waals surface area contributed by atoms with Crippen LogP contribution in [-0.2, 0) is 11.3 Å². The zero-order valence-electron chi connectivity index (χ0n) is 13.6. The van der Waals surface area contributed by atoms with Crippen molar-refractivity contribution in [1.29, 1.82) is 0 Å². The minimum Gasteiger partial charge on any atom is -0.353 e. The molecule has 116 valence electrons. The Labute approximate surface area is 128 Å². The van der Waals surface area contributed by atoms with E-state index in [1.807, 2.05) is 0 Å². The van der Waals surface area contributed by atoms with Crippen molar-refractivity contribution in [3.8, 4) is 0 Å². The molecule has 1 fully saturated rings. The fourth-order valence-corrected chi connectivity index (χ4v) is 2.84. The Morgan fingerprint density at radius 1 is 1.33 bits per heavy atom. The van der Waals surface area contributed by atoms with E-state index in [1.54, 1.807) is 0 Å². The molecule has 1 amide bonds. The van der Waals surface area contributed by atoms with Crippen LogP contribution >= 0.6 is 0 Å². The van der Waals surface area contributed by atoms with Crippen molar-refractivity contribution in [3.05, 3.63) is 35.4 Å². The molecule has 1 aliphatic heterocycles. The third-order valence-electron chi connectivity index (χ3n) is 4.61. The highest BCUT2D eigenvalue weighted by Crippen LogP contribution is 2.20. The monoisotopic (exact) mass is 288 g/mol. The van der Waals surface area contributed by atoms with E-state index in [-0.39, 0.29) is 11.8 Å². The highest BCUT2D eigenvalue weighted by Gasteiger charge is 2.25. The second-order valence-corrected chi connectivity index (χ2v) is 6.29. The summed E-state index contributed by atoms with van der Waals surface area (Å²) in [7, 11) is 0. The first kappa shape index (κ1) is 16.0. The number of rotatable bonds is 5. The lowest BCUT2D eigenvalue weighted by Gasteiger charge is -2.32. The number of nitrogens with zero attached hydrogens (tertiary/aromatic N) is 1. The molecule has 0 bridgehead atoms. The molecule has 1 N–H and O–H groups in total. The normalized spacial score (nSPS) is 18.4. The van der Waals surface area contributed by atoms with Gasteiger partial charge in [-0.3, -0.25) is 9.69 Å². The summed E-state index contributed by atoms with van der Waals surface area (Å²) in [6.07, 6.45) is 2.96. The third-order valence-corrected chi connectivity index (χ3v) is 4.61. The van der Waals surface area contributed by atoms with Crippen molar-refractivity contribution in [2.75, 3.05) is 13.1 Å². The van der Waals surface area contributed by atoms with Crippen LogP contribution in [0.3, 0.4) is 0 Å². The maximum atomic E-state index is 12.2. The van der Waals surface area contributed by atoms with Crippen LogP contribution in [0.15, 0.2) is 24.3 Å². The lowest BCUT2D eigenvalue weighted by molar-refractivity contribution is -0.127. The molecule has 1 aromatic rings. The van der Waals surface area contributed by atoms with Crippen LogP contribution in [0.5, 0.6) is 0 Å². The number of hydrogen-bond acceptors (Lipinski definition) is 2. The Balaban J connectivity index is 1.81. The van der Waals surface area contributed by atoms with E-state index in [4.69, 9.17) is 0 Å². The summed E-state index contributed by atoms with van der Waals surface area (Å²) >= 11 is 0. The molecule has 0 unspecified atom stereocenters. The van der Waals surface area contributed by atoms with Gasteiger partial charge in [-0.15, -0.1) is 0 Å². The highest BCUT2D eigenvalue weighted by molar-refractivity contribution is 5.79. The summed E-state index contributed by atoms with van der Waals surface area (Å²) in [5.74, 6) is 0.451. The van der Waals surface area contributed by atoms with Gasteiger partial charge in [0.2, 0.25) is 5.91 Å². The largest absolute Gasteiger partial charge is 0.353 e. The molecule has 2 rings (SSSR count). The summed E-state index contributed by atoms with van der Waals surface area (Å²) < 4.78 is 0. The van der Waals surface area contributed by atoms with Gasteiger partial charge in [0.25, 0.3) is 0 Å². The lowest BCUT2D eigenvalue weighted by atomic mass is 9.95. The number of aryl methyl sites for hydroxylation is 1. The molecule has 3 nitrogen and oxygen atoms in total. The fraction of sp³-hybridized carbons (Fsp3) is 0.611. The lowest BCUT2D eigenvalue weighted by Crippen LogP contribution is -2.42. The smallest absolute Gasteiger partial charge is 0.223 e. The molecule has 1 heterocycles. The molecule has 0 saturated carbocycles. The average molecular weight is 288 g/mol. The van der Waals surface area contributed by atoms with Gasteiger partial charge in [-0.05, 0) is 57.3 Å². The molecule has 21 heavy (non-hydrogen) atoms. The van der Waals surface area contributed by atoms with Crippen LogP contribution in [0.25, 0.3) is 0 Å². The first-order valence-corrected chi connectivity index (χ1v) is 8.17. The van der Waals surface area contributed by atoms with Gasteiger partial charge in [0.1, 0.15) is 0 Å². The van der Waals surface area contributed by atoms with E-state index in [2.05, 4.69) is 55.3 Å². The van der Waals surface area contributed by atoms with Crippen molar-refractivity contribution < 1.29 is 4.79 Å². The molecular weight excluding hydrogens is 260 g/mol. The maximum Gasteiger partial charge on any atom is 0.223 e. The first-order chi connectivity index (χ1) is 10.1. The van der Waals surface area contributed by atoms with Gasteiger partial charge < -0.3 is 5.32 Å². The number of amides is 1. The fourth-order valence-electron chi connectivity index (χ4n) is 2.84.